The Morgan fingerprint density at radius 3 is 1.77 bits per heavy atom. The minimum atomic E-state index is -1.06. The van der Waals surface area contributed by atoms with E-state index in [0.29, 0.717) is 0 Å². The molecule has 0 radical (unpaired) electrons. The van der Waals surface area contributed by atoms with Gasteiger partial charge in [-0.25, -0.2) is 0 Å². The number of carbonyl (C=O) groups excluding carboxylic acids is 2. The Balaban J connectivity index is 2.00. The Kier molecular flexibility index (Phi) is 4.70. The van der Waals surface area contributed by atoms with Crippen molar-refractivity contribution in [3.63, 3.8) is 0 Å². The van der Waals surface area contributed by atoms with Crippen molar-refractivity contribution in [1.29, 1.82) is 0 Å². The maximum absolute atomic E-state index is 11.6. The smallest absolute Gasteiger partial charge is 0.495 e. The fourth-order valence-electron chi connectivity index (χ4n) is 2.08. The van der Waals surface area contributed by atoms with Crippen molar-refractivity contribution in [1.82, 2.24) is 4.90 Å². The lowest BCUT2D eigenvalue weighted by Crippen LogP contribution is -2.42. The van der Waals surface area contributed by atoms with Crippen LogP contribution in [0.15, 0.2) is 12.0 Å². The van der Waals surface area contributed by atoms with Crippen LogP contribution in [0.4, 0.5) is 0 Å². The molecule has 2 aliphatic heterocycles. The largest absolute Gasteiger partial charge is 0.627 e. The van der Waals surface area contributed by atoms with Gasteiger partial charge in [-0.2, -0.15) is 0 Å². The number of carbonyl (C=O) groups is 2. The van der Waals surface area contributed by atoms with Crippen LogP contribution in [0.2, 0.25) is 0 Å². The second-order valence-electron chi connectivity index (χ2n) is 6.53. The van der Waals surface area contributed by atoms with Gasteiger partial charge in [0.15, 0.2) is 0 Å². The summed E-state index contributed by atoms with van der Waals surface area (Å²) < 4.78 is 21.7. The molecule has 0 aromatic heterocycles. The summed E-state index contributed by atoms with van der Waals surface area (Å²) in [6, 6.07) is 0. The van der Waals surface area contributed by atoms with Crippen LogP contribution in [0.1, 0.15) is 27.7 Å². The summed E-state index contributed by atoms with van der Waals surface area (Å²) in [5.41, 5.74) is -0.919. The van der Waals surface area contributed by atoms with E-state index in [1.165, 1.54) is 10.9 Å². The molecule has 0 aliphatic carbocycles. The third-order valence-corrected chi connectivity index (χ3v) is 3.99. The van der Waals surface area contributed by atoms with Gasteiger partial charge in [-0.3, -0.25) is 14.5 Å². The van der Waals surface area contributed by atoms with Crippen molar-refractivity contribution in [2.24, 2.45) is 0 Å². The highest BCUT2D eigenvalue weighted by molar-refractivity contribution is 6.59. The SMILES string of the molecule is CN1CC(=O)OB(/C=C/B2OC(C)(C)C(C)(C)O2)OC(=O)C1. The normalized spacial score (nSPS) is 25.9. The second-order valence-corrected chi connectivity index (χ2v) is 6.53. The summed E-state index contributed by atoms with van der Waals surface area (Å²) in [6.07, 6.45) is 0. The van der Waals surface area contributed by atoms with E-state index in [1.807, 2.05) is 27.7 Å². The van der Waals surface area contributed by atoms with Gasteiger partial charge in [0.25, 0.3) is 0 Å². The van der Waals surface area contributed by atoms with Crippen LogP contribution in [0.25, 0.3) is 0 Å². The van der Waals surface area contributed by atoms with Crippen molar-refractivity contribution in [2.75, 3.05) is 20.1 Å². The Labute approximate surface area is 131 Å². The molecule has 7 nitrogen and oxygen atoms in total. The van der Waals surface area contributed by atoms with Gasteiger partial charge in [0, 0.05) is 0 Å². The number of nitrogens with zero attached hydrogens (tertiary/aromatic N) is 1. The zero-order valence-electron chi connectivity index (χ0n) is 13.6. The topological polar surface area (TPSA) is 74.3 Å². The van der Waals surface area contributed by atoms with Gasteiger partial charge in [0.05, 0.1) is 24.3 Å². The molecule has 0 aromatic rings. The van der Waals surface area contributed by atoms with Gasteiger partial charge in [-0.1, -0.05) is 5.98 Å². The predicted octanol–water partition coefficient (Wildman–Crippen LogP) is 0.233. The Morgan fingerprint density at radius 2 is 1.32 bits per heavy atom. The molecule has 120 valence electrons. The molecular formula is C13H21B2NO6. The first-order valence-electron chi connectivity index (χ1n) is 7.20. The fourth-order valence-corrected chi connectivity index (χ4v) is 2.08. The first kappa shape index (κ1) is 17.1. The molecule has 2 heterocycles. The van der Waals surface area contributed by atoms with Crippen molar-refractivity contribution < 1.29 is 28.2 Å². The molecule has 2 fully saturated rings. The molecular weight excluding hydrogens is 288 g/mol. The Morgan fingerprint density at radius 1 is 0.909 bits per heavy atom. The van der Waals surface area contributed by atoms with Crippen molar-refractivity contribution in [3.05, 3.63) is 12.0 Å². The lowest BCUT2D eigenvalue weighted by atomic mass is 9.80. The van der Waals surface area contributed by atoms with Gasteiger partial charge < -0.3 is 18.6 Å². The summed E-state index contributed by atoms with van der Waals surface area (Å²) >= 11 is 0. The van der Waals surface area contributed by atoms with E-state index < -0.39 is 37.4 Å². The molecule has 0 spiro atoms. The molecule has 0 saturated carbocycles. The molecule has 0 bridgehead atoms. The zero-order chi connectivity index (χ0) is 16.5. The van der Waals surface area contributed by atoms with Crippen molar-refractivity contribution in [2.45, 2.75) is 38.9 Å². The van der Waals surface area contributed by atoms with Crippen LogP contribution in [-0.4, -0.2) is 62.4 Å². The summed E-state index contributed by atoms with van der Waals surface area (Å²) in [5, 5.41) is 0. The second kappa shape index (κ2) is 6.06. The molecule has 0 N–H and O–H groups in total. The Hall–Kier alpha value is -1.31. The molecule has 0 aromatic carbocycles. The number of rotatable bonds is 2. The summed E-state index contributed by atoms with van der Waals surface area (Å²) in [7, 11) is -0.00785. The quantitative estimate of drug-likeness (QED) is 0.676. The molecule has 2 rings (SSSR count). The molecule has 0 amide bonds. The maximum atomic E-state index is 11.6. The van der Waals surface area contributed by atoms with Gasteiger partial charge >= 0.3 is 26.2 Å². The lowest BCUT2D eigenvalue weighted by Gasteiger charge is -2.32. The number of hydrogen-bond acceptors (Lipinski definition) is 7. The highest BCUT2D eigenvalue weighted by Crippen LogP contribution is 2.36. The lowest BCUT2D eigenvalue weighted by molar-refractivity contribution is -0.145. The van der Waals surface area contributed by atoms with E-state index >= 15 is 0 Å². The minimum absolute atomic E-state index is 0.0376. The first-order chi connectivity index (χ1) is 10.1. The fraction of sp³-hybridized carbons (Fsp3) is 0.692. The third kappa shape index (κ3) is 3.91. The van der Waals surface area contributed by atoms with E-state index in [1.54, 1.807) is 13.0 Å². The van der Waals surface area contributed by atoms with Crippen LogP contribution in [0.3, 0.4) is 0 Å². The van der Waals surface area contributed by atoms with Gasteiger partial charge in [-0.15, -0.1) is 0 Å². The van der Waals surface area contributed by atoms with Gasteiger partial charge in [-0.05, 0) is 40.7 Å². The van der Waals surface area contributed by atoms with Crippen molar-refractivity contribution >= 4 is 26.2 Å². The summed E-state index contributed by atoms with van der Waals surface area (Å²) in [6.45, 7) is 7.82. The standard InChI is InChI=1S/C13H21B2NO6/c1-12(2)13(3,4)22-15(21-12)7-6-14-19-10(17)8-16(5)9-11(18)20-14/h6-7H,8-9H2,1-5H3/b7-6+. The molecule has 2 saturated heterocycles. The van der Waals surface area contributed by atoms with Crippen LogP contribution < -0.4 is 0 Å². The van der Waals surface area contributed by atoms with E-state index in [0.717, 1.165) is 0 Å². The number of likely N-dealkylation sites (N-methyl/N-ethyl adjacent to an activating group) is 1. The van der Waals surface area contributed by atoms with E-state index in [-0.39, 0.29) is 13.1 Å². The van der Waals surface area contributed by atoms with E-state index in [2.05, 4.69) is 0 Å². The van der Waals surface area contributed by atoms with Gasteiger partial charge in [0.2, 0.25) is 0 Å². The van der Waals surface area contributed by atoms with Gasteiger partial charge in [0.1, 0.15) is 0 Å². The molecule has 2 aliphatic rings. The highest BCUT2D eigenvalue weighted by Gasteiger charge is 2.50. The molecule has 22 heavy (non-hydrogen) atoms. The average molecular weight is 309 g/mol. The average Bonchev–Trinajstić information content (AvgIpc) is 2.52. The summed E-state index contributed by atoms with van der Waals surface area (Å²) in [4.78, 5) is 24.8. The first-order valence-corrected chi connectivity index (χ1v) is 7.20. The molecule has 0 unspecified atom stereocenters. The van der Waals surface area contributed by atoms with Crippen LogP contribution in [0.5, 0.6) is 0 Å². The predicted molar refractivity (Wildman–Crippen MR) is 80.7 cm³/mol. The van der Waals surface area contributed by atoms with E-state index in [9.17, 15) is 9.59 Å². The third-order valence-electron chi connectivity index (χ3n) is 3.99. The zero-order valence-corrected chi connectivity index (χ0v) is 13.6. The monoisotopic (exact) mass is 309 g/mol. The van der Waals surface area contributed by atoms with Crippen molar-refractivity contribution in [3.8, 4) is 0 Å². The van der Waals surface area contributed by atoms with Crippen LogP contribution in [0, 0.1) is 0 Å². The summed E-state index contributed by atoms with van der Waals surface area (Å²) in [5.74, 6) is 2.13. The highest BCUT2D eigenvalue weighted by atomic mass is 16.7. The molecule has 0 atom stereocenters. The van der Waals surface area contributed by atoms with Crippen LogP contribution in [-0.2, 0) is 28.2 Å². The minimum Gasteiger partial charge on any atom is -0.495 e. The number of hydrogen-bond donors (Lipinski definition) is 0. The maximum Gasteiger partial charge on any atom is 0.627 e. The molecule has 9 heteroatoms. The Bertz CT molecular complexity index is 457. The van der Waals surface area contributed by atoms with Crippen LogP contribution >= 0.6 is 0 Å². The van der Waals surface area contributed by atoms with E-state index in [4.69, 9.17) is 18.6 Å².